The van der Waals surface area contributed by atoms with Crippen LogP contribution >= 0.6 is 12.6 Å². The lowest BCUT2D eigenvalue weighted by atomic mass is 9.94. The van der Waals surface area contributed by atoms with E-state index in [1.54, 1.807) is 20.8 Å². The number of nitrogens with zero attached hydrogens (tertiary/aromatic N) is 1. The number of aryl methyl sites for hydroxylation is 3. The van der Waals surface area contributed by atoms with Crippen molar-refractivity contribution in [2.45, 2.75) is 85.5 Å². The molecule has 0 spiro atoms. The summed E-state index contributed by atoms with van der Waals surface area (Å²) in [6, 6.07) is 11.4. The Morgan fingerprint density at radius 2 is 1.51 bits per heavy atom. The van der Waals surface area contributed by atoms with E-state index in [0.717, 1.165) is 16.7 Å². The molecule has 0 bridgehead atoms. The third-order valence-corrected chi connectivity index (χ3v) is 6.09. The van der Waals surface area contributed by atoms with Crippen molar-refractivity contribution < 1.29 is 19.1 Å². The van der Waals surface area contributed by atoms with Gasteiger partial charge in [-0.15, -0.1) is 0 Å². The molecule has 0 saturated heterocycles. The van der Waals surface area contributed by atoms with Crippen molar-refractivity contribution in [1.82, 2.24) is 10.2 Å². The molecule has 2 aromatic carbocycles. The van der Waals surface area contributed by atoms with Gasteiger partial charge >= 0.3 is 6.09 Å². The maximum absolute atomic E-state index is 14.0. The second kappa shape index (κ2) is 12.0. The summed E-state index contributed by atoms with van der Waals surface area (Å²) in [6.45, 7) is 16.6. The van der Waals surface area contributed by atoms with Crippen LogP contribution in [0.2, 0.25) is 0 Å². The SMILES string of the molecule is Cc1cccc(C(C(=O)Nc2c(C)cccc2C)N(C(=O)C(CS)NC(=O)OC(C)(C)C)C(C)(C)C)c1. The van der Waals surface area contributed by atoms with Crippen LogP contribution in [0.15, 0.2) is 42.5 Å². The van der Waals surface area contributed by atoms with Crippen molar-refractivity contribution in [2.24, 2.45) is 0 Å². The second-order valence-electron chi connectivity index (χ2n) is 11.3. The highest BCUT2D eigenvalue weighted by Gasteiger charge is 2.41. The summed E-state index contributed by atoms with van der Waals surface area (Å²) in [7, 11) is 0. The van der Waals surface area contributed by atoms with Crippen LogP contribution in [0, 0.1) is 20.8 Å². The summed E-state index contributed by atoms with van der Waals surface area (Å²) in [6.07, 6.45) is -0.721. The van der Waals surface area contributed by atoms with Crippen molar-refractivity contribution in [1.29, 1.82) is 0 Å². The van der Waals surface area contributed by atoms with E-state index >= 15 is 0 Å². The lowest BCUT2D eigenvalue weighted by molar-refractivity contribution is -0.146. The van der Waals surface area contributed by atoms with E-state index in [1.807, 2.05) is 84.0 Å². The number of rotatable bonds is 7. The summed E-state index contributed by atoms with van der Waals surface area (Å²) in [5, 5.41) is 5.71. The number of alkyl carbamates (subject to hydrolysis) is 1. The van der Waals surface area contributed by atoms with Crippen LogP contribution in [0.1, 0.15) is 69.8 Å². The molecular formula is C29H41N3O4S. The molecule has 202 valence electrons. The Labute approximate surface area is 226 Å². The van der Waals surface area contributed by atoms with E-state index in [4.69, 9.17) is 4.74 Å². The fraction of sp³-hybridized carbons (Fsp3) is 0.483. The molecule has 2 aromatic rings. The van der Waals surface area contributed by atoms with Gasteiger partial charge in [0.2, 0.25) is 5.91 Å². The van der Waals surface area contributed by atoms with Gasteiger partial charge in [-0.1, -0.05) is 48.0 Å². The molecule has 2 rings (SSSR count). The fourth-order valence-electron chi connectivity index (χ4n) is 4.11. The zero-order chi connectivity index (χ0) is 28.1. The largest absolute Gasteiger partial charge is 0.444 e. The number of ether oxygens (including phenoxy) is 1. The van der Waals surface area contributed by atoms with Crippen LogP contribution in [0.25, 0.3) is 0 Å². The van der Waals surface area contributed by atoms with Crippen LogP contribution in [0.4, 0.5) is 10.5 Å². The van der Waals surface area contributed by atoms with Gasteiger partial charge in [0.1, 0.15) is 17.7 Å². The number of anilines is 1. The average Bonchev–Trinajstić information content (AvgIpc) is 2.75. The van der Waals surface area contributed by atoms with Gasteiger partial charge in [0.25, 0.3) is 5.91 Å². The van der Waals surface area contributed by atoms with E-state index in [9.17, 15) is 14.4 Å². The number of carbonyl (C=O) groups excluding carboxylic acids is 3. The maximum atomic E-state index is 14.0. The topological polar surface area (TPSA) is 87.7 Å². The van der Waals surface area contributed by atoms with Crippen LogP contribution in [-0.4, -0.2) is 45.7 Å². The summed E-state index contributed by atoms with van der Waals surface area (Å²) in [5.41, 5.74) is 2.68. The molecule has 0 radical (unpaired) electrons. The minimum atomic E-state index is -1.00. The molecule has 2 N–H and O–H groups in total. The Bertz CT molecular complexity index is 1110. The number of para-hydroxylation sites is 1. The molecule has 0 saturated carbocycles. The van der Waals surface area contributed by atoms with Crippen molar-refractivity contribution in [3.63, 3.8) is 0 Å². The van der Waals surface area contributed by atoms with E-state index in [-0.39, 0.29) is 11.7 Å². The summed E-state index contributed by atoms with van der Waals surface area (Å²) in [5.74, 6) is -0.748. The Morgan fingerprint density at radius 1 is 0.946 bits per heavy atom. The van der Waals surface area contributed by atoms with Crippen LogP contribution in [0.5, 0.6) is 0 Å². The number of hydrogen-bond donors (Lipinski definition) is 3. The Balaban J connectivity index is 2.57. The van der Waals surface area contributed by atoms with Crippen molar-refractivity contribution >= 4 is 36.2 Å². The van der Waals surface area contributed by atoms with Crippen LogP contribution in [-0.2, 0) is 14.3 Å². The molecule has 0 aromatic heterocycles. The predicted molar refractivity (Wildman–Crippen MR) is 152 cm³/mol. The first-order valence-corrected chi connectivity index (χ1v) is 13.1. The second-order valence-corrected chi connectivity index (χ2v) is 11.7. The molecule has 0 heterocycles. The van der Waals surface area contributed by atoms with Gasteiger partial charge in [-0.25, -0.2) is 4.79 Å². The van der Waals surface area contributed by atoms with Crippen LogP contribution < -0.4 is 10.6 Å². The normalized spacial score (nSPS) is 13.4. The number of thiol groups is 1. The summed E-state index contributed by atoms with van der Waals surface area (Å²) >= 11 is 4.34. The highest BCUT2D eigenvalue weighted by molar-refractivity contribution is 7.80. The molecule has 3 amide bonds. The minimum absolute atomic E-state index is 0.0315. The smallest absolute Gasteiger partial charge is 0.408 e. The van der Waals surface area contributed by atoms with Gasteiger partial charge in [-0.2, -0.15) is 12.6 Å². The van der Waals surface area contributed by atoms with Crippen molar-refractivity contribution in [2.75, 3.05) is 11.1 Å². The number of carbonyl (C=O) groups is 3. The lowest BCUT2D eigenvalue weighted by Crippen LogP contribution is -2.58. The Morgan fingerprint density at radius 3 is 2.00 bits per heavy atom. The third-order valence-electron chi connectivity index (χ3n) is 5.73. The molecule has 8 heteroatoms. The Kier molecular flexibility index (Phi) is 9.83. The number of amides is 3. The molecule has 37 heavy (non-hydrogen) atoms. The quantitative estimate of drug-likeness (QED) is 0.401. The zero-order valence-electron chi connectivity index (χ0n) is 23.4. The standard InChI is InChI=1S/C29H41N3O4S/c1-18-12-10-15-21(16-18)24(25(33)31-23-19(2)13-11-14-20(23)3)32(28(4,5)6)26(34)22(17-37)30-27(35)36-29(7,8)9/h10-16,22,24,37H,17H2,1-9H3,(H,30,35)(H,31,33). The number of nitrogens with one attached hydrogen (secondary N) is 2. The van der Waals surface area contributed by atoms with E-state index in [1.165, 1.54) is 4.90 Å². The molecule has 2 unspecified atom stereocenters. The first-order chi connectivity index (χ1) is 17.0. The number of benzene rings is 2. The van der Waals surface area contributed by atoms with E-state index in [2.05, 4.69) is 23.3 Å². The molecule has 0 aliphatic rings. The van der Waals surface area contributed by atoms with Crippen molar-refractivity contribution in [3.8, 4) is 0 Å². The molecule has 7 nitrogen and oxygen atoms in total. The third kappa shape index (κ3) is 8.25. The van der Waals surface area contributed by atoms with E-state index in [0.29, 0.717) is 11.3 Å². The highest BCUT2D eigenvalue weighted by Crippen LogP contribution is 2.32. The monoisotopic (exact) mass is 527 g/mol. The van der Waals surface area contributed by atoms with Gasteiger partial charge in [0, 0.05) is 17.0 Å². The molecule has 0 aliphatic carbocycles. The fourth-order valence-corrected chi connectivity index (χ4v) is 4.36. The van der Waals surface area contributed by atoms with Crippen molar-refractivity contribution in [3.05, 3.63) is 64.7 Å². The van der Waals surface area contributed by atoms with Crippen LogP contribution in [0.3, 0.4) is 0 Å². The Hall–Kier alpha value is -3.00. The van der Waals surface area contributed by atoms with Gasteiger partial charge in [0.15, 0.2) is 0 Å². The van der Waals surface area contributed by atoms with Gasteiger partial charge < -0.3 is 20.3 Å². The minimum Gasteiger partial charge on any atom is -0.444 e. The van der Waals surface area contributed by atoms with Gasteiger partial charge in [-0.05, 0) is 79.0 Å². The average molecular weight is 528 g/mol. The zero-order valence-corrected chi connectivity index (χ0v) is 24.3. The summed E-state index contributed by atoms with van der Waals surface area (Å²) < 4.78 is 5.37. The first-order valence-electron chi connectivity index (χ1n) is 12.4. The van der Waals surface area contributed by atoms with Gasteiger partial charge in [0.05, 0.1) is 0 Å². The number of hydrogen-bond acceptors (Lipinski definition) is 5. The predicted octanol–water partition coefficient (Wildman–Crippen LogP) is 5.74. The lowest BCUT2D eigenvalue weighted by Gasteiger charge is -2.43. The molecule has 0 fully saturated rings. The van der Waals surface area contributed by atoms with E-state index < -0.39 is 35.2 Å². The maximum Gasteiger partial charge on any atom is 0.408 e. The molecular weight excluding hydrogens is 486 g/mol. The highest BCUT2D eigenvalue weighted by atomic mass is 32.1. The first kappa shape index (κ1) is 30.2. The molecule has 2 atom stereocenters. The summed E-state index contributed by atoms with van der Waals surface area (Å²) in [4.78, 5) is 42.1. The van der Waals surface area contributed by atoms with Gasteiger partial charge in [-0.3, -0.25) is 9.59 Å². The molecule has 0 aliphatic heterocycles.